The van der Waals surface area contributed by atoms with Crippen molar-refractivity contribution >= 4 is 5.78 Å². The van der Waals surface area contributed by atoms with Gasteiger partial charge in [0.15, 0.2) is 0 Å². The van der Waals surface area contributed by atoms with Gasteiger partial charge in [-0.1, -0.05) is 43.2 Å². The maximum Gasteiger partial charge on any atom is 0.143 e. The number of Topliss-reactive ketones (excluding diaryl/α,β-unsaturated/α-hetero) is 1. The summed E-state index contributed by atoms with van der Waals surface area (Å²) in [6.45, 7) is 4.09. The van der Waals surface area contributed by atoms with Crippen molar-refractivity contribution in [2.45, 2.75) is 63.4 Å². The Morgan fingerprint density at radius 1 is 1.20 bits per heavy atom. The summed E-state index contributed by atoms with van der Waals surface area (Å²) in [4.78, 5) is 12.9. The Labute approximate surface area is 122 Å². The number of hydrogen-bond acceptors (Lipinski definition) is 2. The molecule has 0 aromatic heterocycles. The van der Waals surface area contributed by atoms with Gasteiger partial charge in [-0.05, 0) is 38.7 Å². The summed E-state index contributed by atoms with van der Waals surface area (Å²) in [7, 11) is 1.72. The predicted molar refractivity (Wildman–Crippen MR) is 81.9 cm³/mol. The van der Waals surface area contributed by atoms with Crippen molar-refractivity contribution in [1.29, 1.82) is 0 Å². The zero-order valence-corrected chi connectivity index (χ0v) is 12.9. The fourth-order valence-electron chi connectivity index (χ4n) is 3.22. The van der Waals surface area contributed by atoms with Gasteiger partial charge < -0.3 is 4.74 Å². The van der Waals surface area contributed by atoms with Crippen LogP contribution in [0.1, 0.15) is 57.9 Å². The minimum absolute atomic E-state index is 0.216. The maximum absolute atomic E-state index is 12.9. The molecule has 0 bridgehead atoms. The van der Waals surface area contributed by atoms with Crippen LogP contribution in [0, 0.1) is 0 Å². The first kappa shape index (κ1) is 15.2. The molecule has 0 amide bonds. The van der Waals surface area contributed by atoms with Crippen LogP contribution in [0.5, 0.6) is 0 Å². The van der Waals surface area contributed by atoms with E-state index < -0.39 is 0 Å². The molecule has 1 aliphatic carbocycles. The molecule has 2 rings (SSSR count). The standard InChI is InChI=1S/C18H26O2/c1-17(2,20-3)14-11-16(19)18(12-7-8-13-18)15-9-5-4-6-10-15/h4-6,9-10H,7-8,11-14H2,1-3H3. The molecular formula is C18H26O2. The van der Waals surface area contributed by atoms with Crippen molar-refractivity contribution in [2.75, 3.05) is 7.11 Å². The summed E-state index contributed by atoms with van der Waals surface area (Å²) in [6.07, 6.45) is 5.72. The molecule has 1 aromatic carbocycles. The van der Waals surface area contributed by atoms with E-state index in [1.807, 2.05) is 32.0 Å². The van der Waals surface area contributed by atoms with Gasteiger partial charge in [0.25, 0.3) is 0 Å². The smallest absolute Gasteiger partial charge is 0.143 e. The molecule has 1 saturated carbocycles. The molecule has 2 nitrogen and oxygen atoms in total. The van der Waals surface area contributed by atoms with Crippen molar-refractivity contribution in [1.82, 2.24) is 0 Å². The molecule has 0 radical (unpaired) electrons. The van der Waals surface area contributed by atoms with E-state index in [-0.39, 0.29) is 11.0 Å². The van der Waals surface area contributed by atoms with E-state index in [4.69, 9.17) is 4.74 Å². The van der Waals surface area contributed by atoms with Gasteiger partial charge in [0.05, 0.1) is 11.0 Å². The van der Waals surface area contributed by atoms with E-state index in [2.05, 4.69) is 12.1 Å². The average molecular weight is 274 g/mol. The predicted octanol–water partition coefficient (Wildman–Crippen LogP) is 4.27. The van der Waals surface area contributed by atoms with E-state index in [9.17, 15) is 4.79 Å². The summed E-state index contributed by atoms with van der Waals surface area (Å²) >= 11 is 0. The van der Waals surface area contributed by atoms with Gasteiger partial charge in [0, 0.05) is 13.5 Å². The lowest BCUT2D eigenvalue weighted by molar-refractivity contribution is -0.125. The third-order valence-electron chi connectivity index (χ3n) is 4.82. The van der Waals surface area contributed by atoms with Crippen LogP contribution in [-0.4, -0.2) is 18.5 Å². The van der Waals surface area contributed by atoms with E-state index in [1.54, 1.807) is 7.11 Å². The van der Waals surface area contributed by atoms with E-state index in [1.165, 1.54) is 5.56 Å². The van der Waals surface area contributed by atoms with Crippen LogP contribution in [-0.2, 0) is 14.9 Å². The first-order chi connectivity index (χ1) is 9.50. The zero-order valence-electron chi connectivity index (χ0n) is 12.9. The second kappa shape index (κ2) is 6.09. The Kier molecular flexibility index (Phi) is 4.64. The molecule has 0 aliphatic heterocycles. The molecule has 1 aliphatic rings. The fourth-order valence-corrected chi connectivity index (χ4v) is 3.22. The normalized spacial score (nSPS) is 18.1. The highest BCUT2D eigenvalue weighted by atomic mass is 16.5. The lowest BCUT2D eigenvalue weighted by atomic mass is 9.73. The molecule has 0 saturated heterocycles. The highest BCUT2D eigenvalue weighted by Crippen LogP contribution is 2.43. The SMILES string of the molecule is COC(C)(C)CCC(=O)C1(c2ccccc2)CCCC1. The topological polar surface area (TPSA) is 26.3 Å². The van der Waals surface area contributed by atoms with Gasteiger partial charge in [0.2, 0.25) is 0 Å². The highest BCUT2D eigenvalue weighted by molar-refractivity contribution is 5.90. The molecule has 0 spiro atoms. The molecule has 0 unspecified atom stereocenters. The molecular weight excluding hydrogens is 248 g/mol. The highest BCUT2D eigenvalue weighted by Gasteiger charge is 2.42. The first-order valence-electron chi connectivity index (χ1n) is 7.64. The van der Waals surface area contributed by atoms with Crippen molar-refractivity contribution in [3.8, 4) is 0 Å². The Morgan fingerprint density at radius 3 is 2.35 bits per heavy atom. The molecule has 0 heterocycles. The fraction of sp³-hybridized carbons (Fsp3) is 0.611. The largest absolute Gasteiger partial charge is 0.379 e. The lowest BCUT2D eigenvalue weighted by Gasteiger charge is -2.30. The average Bonchev–Trinajstić information content (AvgIpc) is 2.97. The van der Waals surface area contributed by atoms with Gasteiger partial charge in [-0.3, -0.25) is 4.79 Å². The third-order valence-corrected chi connectivity index (χ3v) is 4.82. The van der Waals surface area contributed by atoms with Gasteiger partial charge in [-0.2, -0.15) is 0 Å². The number of carbonyl (C=O) groups is 1. The quantitative estimate of drug-likeness (QED) is 0.774. The summed E-state index contributed by atoms with van der Waals surface area (Å²) < 4.78 is 5.44. The van der Waals surface area contributed by atoms with Crippen molar-refractivity contribution in [3.05, 3.63) is 35.9 Å². The van der Waals surface area contributed by atoms with Crippen LogP contribution < -0.4 is 0 Å². The Bertz CT molecular complexity index is 442. The number of carbonyl (C=O) groups excluding carboxylic acids is 1. The van der Waals surface area contributed by atoms with Crippen molar-refractivity contribution in [2.24, 2.45) is 0 Å². The van der Waals surface area contributed by atoms with Crippen LogP contribution in [0.3, 0.4) is 0 Å². The number of ketones is 1. The second-order valence-electron chi connectivity index (χ2n) is 6.54. The monoisotopic (exact) mass is 274 g/mol. The Hall–Kier alpha value is -1.15. The number of ether oxygens (including phenoxy) is 1. The van der Waals surface area contributed by atoms with Gasteiger partial charge >= 0.3 is 0 Å². The van der Waals surface area contributed by atoms with Crippen molar-refractivity contribution < 1.29 is 9.53 Å². The van der Waals surface area contributed by atoms with Crippen LogP contribution in [0.4, 0.5) is 0 Å². The molecule has 2 heteroatoms. The lowest BCUT2D eigenvalue weighted by Crippen LogP contribution is -2.34. The molecule has 110 valence electrons. The number of rotatable bonds is 6. The number of methoxy groups -OCH3 is 1. The van der Waals surface area contributed by atoms with Crippen LogP contribution in [0.25, 0.3) is 0 Å². The third kappa shape index (κ3) is 3.12. The Morgan fingerprint density at radius 2 is 1.80 bits per heavy atom. The van der Waals surface area contributed by atoms with Gasteiger partial charge in [-0.15, -0.1) is 0 Å². The molecule has 1 fully saturated rings. The molecule has 0 atom stereocenters. The summed E-state index contributed by atoms with van der Waals surface area (Å²) in [6, 6.07) is 10.3. The number of benzene rings is 1. The zero-order chi connectivity index (χ0) is 14.6. The number of hydrogen-bond donors (Lipinski definition) is 0. The van der Waals surface area contributed by atoms with Gasteiger partial charge in [-0.25, -0.2) is 0 Å². The minimum Gasteiger partial charge on any atom is -0.379 e. The Balaban J connectivity index is 2.15. The van der Waals surface area contributed by atoms with E-state index >= 15 is 0 Å². The first-order valence-corrected chi connectivity index (χ1v) is 7.64. The molecule has 0 N–H and O–H groups in total. The van der Waals surface area contributed by atoms with Crippen molar-refractivity contribution in [3.63, 3.8) is 0 Å². The molecule has 1 aromatic rings. The van der Waals surface area contributed by atoms with E-state index in [0.717, 1.165) is 32.1 Å². The summed E-state index contributed by atoms with van der Waals surface area (Å²) in [5.74, 6) is 0.395. The second-order valence-corrected chi connectivity index (χ2v) is 6.54. The van der Waals surface area contributed by atoms with E-state index in [0.29, 0.717) is 12.2 Å². The van der Waals surface area contributed by atoms with Crippen LogP contribution in [0.15, 0.2) is 30.3 Å². The van der Waals surface area contributed by atoms with Crippen LogP contribution in [0.2, 0.25) is 0 Å². The maximum atomic E-state index is 12.9. The molecule has 20 heavy (non-hydrogen) atoms. The summed E-state index contributed by atoms with van der Waals surface area (Å²) in [5.41, 5.74) is 0.759. The summed E-state index contributed by atoms with van der Waals surface area (Å²) in [5, 5.41) is 0. The minimum atomic E-state index is -0.231. The van der Waals surface area contributed by atoms with Gasteiger partial charge in [0.1, 0.15) is 5.78 Å². The van der Waals surface area contributed by atoms with Crippen LogP contribution >= 0.6 is 0 Å².